The fraction of sp³-hybridized carbons (Fsp3) is 0.167. The number of Topliss-reactive ketones (excluding diaryl/α,β-unsaturated/α-hetero) is 1. The molecular weight excluding hydrogens is 320 g/mol. The molecule has 1 aliphatic carbocycles. The molecule has 5 rings (SSSR count). The first-order valence-electron chi connectivity index (χ1n) is 7.88. The van der Waals surface area contributed by atoms with Gasteiger partial charge < -0.3 is 4.98 Å². The largest absolute Gasteiger partial charge is 0.322 e. The van der Waals surface area contributed by atoms with E-state index in [1.54, 1.807) is 22.2 Å². The Kier molecular flexibility index (Phi) is 2.93. The predicted octanol–water partition coefficient (Wildman–Crippen LogP) is 3.72. The average Bonchev–Trinajstić information content (AvgIpc) is 3.32. The summed E-state index contributed by atoms with van der Waals surface area (Å²) in [6.45, 7) is 0. The number of ketones is 1. The highest BCUT2D eigenvalue weighted by Crippen LogP contribution is 2.35. The van der Waals surface area contributed by atoms with E-state index in [2.05, 4.69) is 26.5 Å². The van der Waals surface area contributed by atoms with Crippen molar-refractivity contribution >= 4 is 28.2 Å². The number of aromatic nitrogens is 4. The highest BCUT2D eigenvalue weighted by molar-refractivity contribution is 7.10. The van der Waals surface area contributed by atoms with Crippen LogP contribution in [0.2, 0.25) is 0 Å². The number of benzene rings is 1. The molecule has 5 nitrogen and oxygen atoms in total. The molecular formula is C18H14N4OS. The third-order valence-electron chi connectivity index (χ3n) is 4.56. The van der Waals surface area contributed by atoms with Gasteiger partial charge in [-0.1, -0.05) is 18.2 Å². The lowest BCUT2D eigenvalue weighted by Crippen LogP contribution is -2.20. The number of H-pyrrole nitrogens is 1. The fourth-order valence-corrected chi connectivity index (χ4v) is 4.22. The normalized spacial score (nSPS) is 17.3. The number of fused-ring (bicyclic) bond motifs is 2. The Morgan fingerprint density at radius 1 is 1.17 bits per heavy atom. The highest BCUT2D eigenvalue weighted by Gasteiger charge is 2.31. The van der Waals surface area contributed by atoms with Gasteiger partial charge in [-0.15, -0.1) is 11.3 Å². The summed E-state index contributed by atoms with van der Waals surface area (Å²) in [5, 5.41) is 6.50. The molecule has 3 aromatic heterocycles. The van der Waals surface area contributed by atoms with E-state index in [-0.39, 0.29) is 11.7 Å². The van der Waals surface area contributed by atoms with Gasteiger partial charge in [-0.25, -0.2) is 9.67 Å². The molecule has 0 fully saturated rings. The summed E-state index contributed by atoms with van der Waals surface area (Å²) >= 11 is 1.71. The zero-order valence-corrected chi connectivity index (χ0v) is 13.6. The Bertz CT molecular complexity index is 1010. The molecule has 0 aliphatic heterocycles. The van der Waals surface area contributed by atoms with Crippen LogP contribution in [-0.2, 0) is 6.42 Å². The van der Waals surface area contributed by atoms with Gasteiger partial charge in [0.2, 0.25) is 5.95 Å². The molecule has 0 saturated carbocycles. The van der Waals surface area contributed by atoms with Crippen LogP contribution < -0.4 is 0 Å². The van der Waals surface area contributed by atoms with E-state index in [0.717, 1.165) is 28.7 Å². The van der Waals surface area contributed by atoms with Crippen LogP contribution in [0.3, 0.4) is 0 Å². The molecule has 0 saturated heterocycles. The number of aromatic amines is 1. The number of carbonyl (C=O) groups is 1. The van der Waals surface area contributed by atoms with Crippen molar-refractivity contribution < 1.29 is 4.79 Å². The number of para-hydroxylation sites is 2. The summed E-state index contributed by atoms with van der Waals surface area (Å²) in [5.41, 5.74) is 3.54. The molecule has 0 amide bonds. The second-order valence-corrected chi connectivity index (χ2v) is 7.02. The Morgan fingerprint density at radius 3 is 2.92 bits per heavy atom. The van der Waals surface area contributed by atoms with E-state index in [0.29, 0.717) is 12.4 Å². The quantitative estimate of drug-likeness (QED) is 0.607. The topological polar surface area (TPSA) is 63.6 Å². The van der Waals surface area contributed by atoms with Gasteiger partial charge in [-0.2, -0.15) is 5.10 Å². The van der Waals surface area contributed by atoms with Crippen LogP contribution in [0.5, 0.6) is 0 Å². The minimum absolute atomic E-state index is 0.164. The van der Waals surface area contributed by atoms with Gasteiger partial charge >= 0.3 is 0 Å². The molecule has 0 bridgehead atoms. The SMILES string of the molecule is O=C1C[C@H](c2cccs2)Cc2c1cnn2-c1nc2ccccc2[nH]1. The molecule has 1 aliphatic rings. The lowest BCUT2D eigenvalue weighted by molar-refractivity contribution is 0.0964. The Morgan fingerprint density at radius 2 is 2.08 bits per heavy atom. The standard InChI is InChI=1S/C18H14N4OS/c23-16-9-11(17-6-3-7-24-17)8-15-12(16)10-19-22(15)18-20-13-4-1-2-5-14(13)21-18/h1-7,10-11H,8-9H2,(H,20,21)/t11-/m1/s1. The summed E-state index contributed by atoms with van der Waals surface area (Å²) in [7, 11) is 0. The summed E-state index contributed by atoms with van der Waals surface area (Å²) in [4.78, 5) is 21.7. The summed E-state index contributed by atoms with van der Waals surface area (Å²) in [6.07, 6.45) is 3.04. The number of imidazole rings is 1. The molecule has 24 heavy (non-hydrogen) atoms. The van der Waals surface area contributed by atoms with Gasteiger partial charge in [0.1, 0.15) is 0 Å². The van der Waals surface area contributed by atoms with Crippen LogP contribution in [0.15, 0.2) is 48.0 Å². The Labute approximate surface area is 142 Å². The van der Waals surface area contributed by atoms with Crippen LogP contribution in [0.4, 0.5) is 0 Å². The Hall–Kier alpha value is -2.73. The lowest BCUT2D eigenvalue weighted by Gasteiger charge is -2.20. The molecule has 0 unspecified atom stereocenters. The van der Waals surface area contributed by atoms with Crippen LogP contribution in [-0.4, -0.2) is 25.5 Å². The van der Waals surface area contributed by atoms with Gasteiger partial charge in [-0.05, 0) is 30.0 Å². The van der Waals surface area contributed by atoms with Crippen LogP contribution in [0.1, 0.15) is 33.3 Å². The maximum absolute atomic E-state index is 12.5. The molecule has 1 N–H and O–H groups in total. The van der Waals surface area contributed by atoms with E-state index in [9.17, 15) is 4.79 Å². The summed E-state index contributed by atoms with van der Waals surface area (Å²) < 4.78 is 1.78. The van der Waals surface area contributed by atoms with Gasteiger partial charge in [-0.3, -0.25) is 4.79 Å². The van der Waals surface area contributed by atoms with Crippen LogP contribution in [0.25, 0.3) is 17.0 Å². The van der Waals surface area contributed by atoms with E-state index >= 15 is 0 Å². The van der Waals surface area contributed by atoms with Crippen molar-refractivity contribution in [2.45, 2.75) is 18.8 Å². The third-order valence-corrected chi connectivity index (χ3v) is 5.60. The number of rotatable bonds is 2. The number of nitrogens with one attached hydrogen (secondary N) is 1. The maximum atomic E-state index is 12.5. The van der Waals surface area contributed by atoms with Gasteiger partial charge in [0.25, 0.3) is 0 Å². The minimum atomic E-state index is 0.164. The van der Waals surface area contributed by atoms with Crippen molar-refractivity contribution in [3.8, 4) is 5.95 Å². The lowest BCUT2D eigenvalue weighted by atomic mass is 9.86. The molecule has 3 heterocycles. The number of nitrogens with zero attached hydrogens (tertiary/aromatic N) is 3. The molecule has 0 radical (unpaired) electrons. The van der Waals surface area contributed by atoms with Crippen molar-refractivity contribution in [3.63, 3.8) is 0 Å². The second kappa shape index (κ2) is 5.14. The van der Waals surface area contributed by atoms with Crippen LogP contribution >= 0.6 is 11.3 Å². The molecule has 1 aromatic carbocycles. The molecule has 6 heteroatoms. The molecule has 118 valence electrons. The second-order valence-electron chi connectivity index (χ2n) is 6.04. The highest BCUT2D eigenvalue weighted by atomic mass is 32.1. The summed E-state index contributed by atoms with van der Waals surface area (Å²) in [5.74, 6) is 1.05. The van der Waals surface area contributed by atoms with Gasteiger partial charge in [0, 0.05) is 17.2 Å². The fourth-order valence-electron chi connectivity index (χ4n) is 3.39. The first-order valence-corrected chi connectivity index (χ1v) is 8.76. The first-order chi connectivity index (χ1) is 11.8. The summed E-state index contributed by atoms with van der Waals surface area (Å²) in [6, 6.07) is 12.0. The monoisotopic (exact) mass is 334 g/mol. The average molecular weight is 334 g/mol. The van der Waals surface area contributed by atoms with Gasteiger partial charge in [0.15, 0.2) is 5.78 Å². The number of hydrogen-bond acceptors (Lipinski definition) is 4. The van der Waals surface area contributed by atoms with Crippen molar-refractivity contribution in [3.05, 3.63) is 64.1 Å². The number of hydrogen-bond donors (Lipinski definition) is 1. The zero-order valence-electron chi connectivity index (χ0n) is 12.8. The molecule has 0 spiro atoms. The van der Waals surface area contributed by atoms with E-state index in [1.807, 2.05) is 30.3 Å². The van der Waals surface area contributed by atoms with Crippen molar-refractivity contribution in [1.29, 1.82) is 0 Å². The Balaban J connectivity index is 1.61. The molecule has 4 aromatic rings. The van der Waals surface area contributed by atoms with E-state index in [1.165, 1.54) is 4.88 Å². The predicted molar refractivity (Wildman–Crippen MR) is 92.9 cm³/mol. The van der Waals surface area contributed by atoms with Crippen molar-refractivity contribution in [2.75, 3.05) is 0 Å². The number of carbonyl (C=O) groups excluding carboxylic acids is 1. The van der Waals surface area contributed by atoms with E-state index < -0.39 is 0 Å². The minimum Gasteiger partial charge on any atom is -0.322 e. The van der Waals surface area contributed by atoms with Gasteiger partial charge in [0.05, 0.1) is 28.5 Å². The molecule has 1 atom stereocenters. The van der Waals surface area contributed by atoms with E-state index in [4.69, 9.17) is 0 Å². The first kappa shape index (κ1) is 13.7. The zero-order chi connectivity index (χ0) is 16.1. The smallest absolute Gasteiger partial charge is 0.229 e. The van der Waals surface area contributed by atoms with Crippen LogP contribution in [0, 0.1) is 0 Å². The van der Waals surface area contributed by atoms with Crippen molar-refractivity contribution in [2.24, 2.45) is 0 Å². The number of thiophene rings is 1. The maximum Gasteiger partial charge on any atom is 0.229 e. The third kappa shape index (κ3) is 2.03. The van der Waals surface area contributed by atoms with Crippen molar-refractivity contribution in [1.82, 2.24) is 19.7 Å².